The van der Waals surface area contributed by atoms with Gasteiger partial charge in [-0.05, 0) is 48.2 Å². The minimum absolute atomic E-state index is 0.00341. The Morgan fingerprint density at radius 2 is 1.74 bits per heavy atom. The molecule has 0 aliphatic rings. The summed E-state index contributed by atoms with van der Waals surface area (Å²) in [5, 5.41) is 5.98. The molecule has 0 aliphatic carbocycles. The first kappa shape index (κ1) is 26.2. The summed E-state index contributed by atoms with van der Waals surface area (Å²) in [5.41, 5.74) is 14.1. The molecular formula is C23H26N6O4S2. The zero-order chi connectivity index (χ0) is 25.2. The number of carbonyl (C=O) groups excluding carboxylic acids is 2. The molecule has 0 atom stereocenters. The summed E-state index contributed by atoms with van der Waals surface area (Å²) in [6, 6.07) is 15.0. The van der Waals surface area contributed by atoms with E-state index in [2.05, 4.69) is 25.5 Å². The second kappa shape index (κ2) is 12.9. The lowest BCUT2D eigenvalue weighted by Gasteiger charge is -2.07. The molecule has 10 nitrogen and oxygen atoms in total. The van der Waals surface area contributed by atoms with Crippen molar-refractivity contribution in [1.29, 1.82) is 0 Å². The summed E-state index contributed by atoms with van der Waals surface area (Å²) in [4.78, 5) is 38.9. The molecule has 6 N–H and O–H groups in total. The molecule has 1 heterocycles. The SMILES string of the molecule is COOSc1ccc(CNC(=O)c2sc(NC(C)=O)nc2CCc2ccc(N=C(N)N)cc2)cc1. The number of amides is 2. The summed E-state index contributed by atoms with van der Waals surface area (Å²) in [7, 11) is 1.44. The molecule has 2 aromatic carbocycles. The minimum Gasteiger partial charge on any atom is -0.370 e. The number of aromatic nitrogens is 1. The summed E-state index contributed by atoms with van der Waals surface area (Å²) in [6.07, 6.45) is 1.17. The molecule has 3 aromatic rings. The number of thiazole rings is 1. The van der Waals surface area contributed by atoms with Crippen molar-refractivity contribution in [2.75, 3.05) is 12.4 Å². The number of guanidine groups is 1. The fraction of sp³-hybridized carbons (Fsp3) is 0.217. The second-order valence-corrected chi connectivity index (χ2v) is 9.10. The fourth-order valence-electron chi connectivity index (χ4n) is 3.05. The number of anilines is 1. The Kier molecular flexibility index (Phi) is 9.61. The van der Waals surface area contributed by atoms with E-state index in [0.29, 0.717) is 40.8 Å². The second-order valence-electron chi connectivity index (χ2n) is 7.32. The van der Waals surface area contributed by atoms with Crippen LogP contribution >= 0.6 is 23.4 Å². The third-order valence-electron chi connectivity index (χ3n) is 4.61. The Balaban J connectivity index is 1.67. The van der Waals surface area contributed by atoms with Gasteiger partial charge >= 0.3 is 0 Å². The van der Waals surface area contributed by atoms with Crippen molar-refractivity contribution in [2.45, 2.75) is 31.2 Å². The van der Waals surface area contributed by atoms with Gasteiger partial charge in [-0.15, -0.1) is 0 Å². The molecular weight excluding hydrogens is 488 g/mol. The number of nitrogens with one attached hydrogen (secondary N) is 2. The van der Waals surface area contributed by atoms with Crippen molar-refractivity contribution >= 4 is 52.0 Å². The van der Waals surface area contributed by atoms with Crippen LogP contribution in [0.15, 0.2) is 58.4 Å². The highest BCUT2D eigenvalue weighted by atomic mass is 32.2. The molecule has 184 valence electrons. The van der Waals surface area contributed by atoms with Gasteiger partial charge in [-0.25, -0.2) is 14.9 Å². The maximum absolute atomic E-state index is 13.0. The Morgan fingerprint density at radius 3 is 2.37 bits per heavy atom. The molecule has 0 unspecified atom stereocenters. The Morgan fingerprint density at radius 1 is 1.06 bits per heavy atom. The van der Waals surface area contributed by atoms with Gasteiger partial charge in [-0.3, -0.25) is 9.59 Å². The van der Waals surface area contributed by atoms with E-state index in [1.54, 1.807) is 0 Å². The number of carbonyl (C=O) groups is 2. The van der Waals surface area contributed by atoms with Gasteiger partial charge in [-0.1, -0.05) is 35.6 Å². The maximum atomic E-state index is 13.0. The van der Waals surface area contributed by atoms with E-state index in [0.717, 1.165) is 39.4 Å². The number of benzene rings is 2. The van der Waals surface area contributed by atoms with Gasteiger partial charge in [-0.2, -0.15) is 4.33 Å². The van der Waals surface area contributed by atoms with E-state index in [1.165, 1.54) is 14.0 Å². The Bertz CT molecular complexity index is 1180. The van der Waals surface area contributed by atoms with Crippen LogP contribution in [0.4, 0.5) is 10.8 Å². The molecule has 0 fully saturated rings. The molecule has 3 rings (SSSR count). The summed E-state index contributed by atoms with van der Waals surface area (Å²) < 4.78 is 4.83. The van der Waals surface area contributed by atoms with Crippen LogP contribution in [0.25, 0.3) is 0 Å². The van der Waals surface area contributed by atoms with Crippen LogP contribution in [0.5, 0.6) is 0 Å². The number of aliphatic imine (C=N–C) groups is 1. The monoisotopic (exact) mass is 514 g/mol. The highest BCUT2D eigenvalue weighted by Gasteiger charge is 2.19. The van der Waals surface area contributed by atoms with Crippen LogP contribution in [0, 0.1) is 0 Å². The van der Waals surface area contributed by atoms with Gasteiger partial charge in [0.05, 0.1) is 30.5 Å². The summed E-state index contributed by atoms with van der Waals surface area (Å²) >= 11 is 2.25. The fourth-order valence-corrected chi connectivity index (χ4v) is 4.42. The van der Waals surface area contributed by atoms with Crippen molar-refractivity contribution in [3.8, 4) is 0 Å². The highest BCUT2D eigenvalue weighted by molar-refractivity contribution is 7.94. The van der Waals surface area contributed by atoms with E-state index in [-0.39, 0.29) is 17.8 Å². The Hall–Kier alpha value is -3.45. The topological polar surface area (TPSA) is 154 Å². The van der Waals surface area contributed by atoms with Crippen LogP contribution in [-0.2, 0) is 33.4 Å². The molecule has 1 aromatic heterocycles. The van der Waals surface area contributed by atoms with Crippen molar-refractivity contribution < 1.29 is 18.8 Å². The van der Waals surface area contributed by atoms with Crippen LogP contribution in [0.3, 0.4) is 0 Å². The Labute approximate surface area is 211 Å². The first-order chi connectivity index (χ1) is 16.8. The van der Waals surface area contributed by atoms with E-state index < -0.39 is 0 Å². The van der Waals surface area contributed by atoms with E-state index in [1.807, 2.05) is 48.5 Å². The molecule has 12 heteroatoms. The number of hydrogen-bond donors (Lipinski definition) is 4. The average Bonchev–Trinajstić information content (AvgIpc) is 3.23. The lowest BCUT2D eigenvalue weighted by molar-refractivity contribution is -0.160. The summed E-state index contributed by atoms with van der Waals surface area (Å²) in [6.45, 7) is 1.74. The van der Waals surface area contributed by atoms with Crippen molar-refractivity contribution in [2.24, 2.45) is 16.5 Å². The average molecular weight is 515 g/mol. The number of aryl methyl sites for hydroxylation is 2. The van der Waals surface area contributed by atoms with Crippen LogP contribution in [0.2, 0.25) is 0 Å². The smallest absolute Gasteiger partial charge is 0.263 e. The number of rotatable bonds is 11. The largest absolute Gasteiger partial charge is 0.370 e. The highest BCUT2D eigenvalue weighted by Crippen LogP contribution is 2.25. The lowest BCUT2D eigenvalue weighted by atomic mass is 10.1. The molecule has 2 amide bonds. The molecule has 0 bridgehead atoms. The van der Waals surface area contributed by atoms with Crippen LogP contribution in [-0.4, -0.2) is 29.9 Å². The quantitative estimate of drug-likeness (QED) is 0.0999. The van der Waals surface area contributed by atoms with Crippen LogP contribution in [0.1, 0.15) is 33.4 Å². The molecule has 0 saturated heterocycles. The summed E-state index contributed by atoms with van der Waals surface area (Å²) in [5.74, 6) is -0.502. The van der Waals surface area contributed by atoms with E-state index in [4.69, 9.17) is 15.8 Å². The van der Waals surface area contributed by atoms with Gasteiger partial charge in [0.25, 0.3) is 5.91 Å². The van der Waals surface area contributed by atoms with Gasteiger partial charge < -0.3 is 22.1 Å². The molecule has 0 saturated carbocycles. The third-order valence-corrected chi connectivity index (χ3v) is 6.29. The molecule has 0 spiro atoms. The number of nitrogens with zero attached hydrogens (tertiary/aromatic N) is 2. The first-order valence-corrected chi connectivity index (χ1v) is 12.1. The predicted molar refractivity (Wildman–Crippen MR) is 137 cm³/mol. The lowest BCUT2D eigenvalue weighted by Crippen LogP contribution is -2.23. The third kappa shape index (κ3) is 8.37. The number of nitrogens with two attached hydrogens (primary N) is 2. The van der Waals surface area contributed by atoms with Crippen LogP contribution < -0.4 is 22.1 Å². The normalized spacial score (nSPS) is 10.6. The van der Waals surface area contributed by atoms with E-state index in [9.17, 15) is 9.59 Å². The van der Waals surface area contributed by atoms with Crippen molar-refractivity contribution in [1.82, 2.24) is 10.3 Å². The molecule has 0 radical (unpaired) electrons. The van der Waals surface area contributed by atoms with E-state index >= 15 is 0 Å². The van der Waals surface area contributed by atoms with Gasteiger partial charge in [0.15, 0.2) is 11.1 Å². The molecule has 35 heavy (non-hydrogen) atoms. The van der Waals surface area contributed by atoms with Crippen molar-refractivity contribution in [3.05, 3.63) is 70.2 Å². The van der Waals surface area contributed by atoms with Gasteiger partial charge in [0.2, 0.25) is 5.91 Å². The molecule has 0 aliphatic heterocycles. The predicted octanol–water partition coefficient (Wildman–Crippen LogP) is 3.31. The van der Waals surface area contributed by atoms with Crippen molar-refractivity contribution in [3.63, 3.8) is 0 Å². The zero-order valence-electron chi connectivity index (χ0n) is 19.2. The van der Waals surface area contributed by atoms with Gasteiger partial charge in [0.1, 0.15) is 4.88 Å². The zero-order valence-corrected chi connectivity index (χ0v) is 20.9. The first-order valence-electron chi connectivity index (χ1n) is 10.5. The standard InChI is InChI=1S/C23H26N6O4S2/c1-14(30)27-23-29-19(12-7-15-3-8-17(9-4-15)28-22(24)25)20(34-23)21(31)26-13-16-5-10-18(11-6-16)35-33-32-2/h3-6,8-11H,7,12-13H2,1-2H3,(H,26,31)(H4,24,25,28)(H,27,29,30). The maximum Gasteiger partial charge on any atom is 0.263 e. The number of hydrogen-bond acceptors (Lipinski definition) is 8. The van der Waals surface area contributed by atoms with Gasteiger partial charge in [0, 0.05) is 18.4 Å². The minimum atomic E-state index is -0.252.